The standard InChI is InChI=1S/C94H61B2N5Se3/c1-94(2,3)60-52-74-84-75(53-60)100(90-64(58-30-12-6-13-31-58)38-25-39-65(90)59-32-14-7-15-33-59)76-55-77-86-93(101-72-43-21-23-45-79(72)103-83-51-49-81-88(92(83)101)96(86)87-80(104-81)48-50-82-91(87)98(77)71-42-20-22-44-78(71)102-82)85(76)95(84)68-47-46-61(97-69-40-18-16-34-66(69)67-35-17-19-41-70(67)97)54-73(68)99(74)89-62(56-26-8-4-9-27-56)36-24-37-63(89)57-28-10-5-11-29-57/h4-55H,1-3H3/i16D,17D,18D,19D,34D,35D,40D,41D,46D,47D,48D,49D,50D,51D,52D,53D,54D,55D. The monoisotopic (exact) mass is 1540 g/mol. The third-order valence-corrected chi connectivity index (χ3v) is 28.0. The van der Waals surface area contributed by atoms with Crippen molar-refractivity contribution in [3.05, 3.63) is 321 Å². The van der Waals surface area contributed by atoms with Crippen molar-refractivity contribution in [2.75, 3.05) is 19.6 Å². The summed E-state index contributed by atoms with van der Waals surface area (Å²) < 4.78 is 195. The van der Waals surface area contributed by atoms with E-state index in [1.807, 2.05) is 214 Å². The molecule has 1 aromatic heterocycles. The van der Waals surface area contributed by atoms with E-state index in [-0.39, 0.29) is 103 Å². The Morgan fingerprint density at radius 2 is 0.702 bits per heavy atom. The van der Waals surface area contributed by atoms with Crippen LogP contribution in [0.2, 0.25) is 0 Å². The predicted octanol–water partition coefficient (Wildman–Crippen LogP) is 14.8. The van der Waals surface area contributed by atoms with E-state index in [1.54, 1.807) is 0 Å². The Morgan fingerprint density at radius 1 is 0.298 bits per heavy atom. The van der Waals surface area contributed by atoms with Crippen LogP contribution in [0.4, 0.5) is 68.2 Å². The molecule has 5 nitrogen and oxygen atoms in total. The van der Waals surface area contributed by atoms with Crippen LogP contribution in [0.1, 0.15) is 51.0 Å². The summed E-state index contributed by atoms with van der Waals surface area (Å²) in [6.45, 7) is 3.41. The van der Waals surface area contributed by atoms with Gasteiger partial charge < -0.3 is 0 Å². The third-order valence-electron chi connectivity index (χ3n) is 21.3. The van der Waals surface area contributed by atoms with Crippen molar-refractivity contribution in [2.45, 2.75) is 26.2 Å². The van der Waals surface area contributed by atoms with Crippen LogP contribution in [-0.2, 0) is 5.41 Å². The molecule has 0 radical (unpaired) electrons. The zero-order valence-corrected chi connectivity index (χ0v) is 60.9. The van der Waals surface area contributed by atoms with Gasteiger partial charge in [0.25, 0.3) is 0 Å². The van der Waals surface area contributed by atoms with Crippen molar-refractivity contribution in [3.63, 3.8) is 0 Å². The fourth-order valence-electron chi connectivity index (χ4n) is 17.0. The number of aromatic nitrogens is 1. The fourth-order valence-corrected chi connectivity index (χ4v) is 23.6. The van der Waals surface area contributed by atoms with E-state index >= 15 is 0 Å². The van der Waals surface area contributed by atoms with E-state index in [9.17, 15) is 24.7 Å². The Kier molecular flexibility index (Phi) is 9.52. The van der Waals surface area contributed by atoms with E-state index in [4.69, 9.17) is 0 Å². The van der Waals surface area contributed by atoms with E-state index in [1.165, 1.54) is 0 Å². The molecular weight excluding hydrogens is 1460 g/mol. The number of hydrogen-bond donors (Lipinski definition) is 0. The van der Waals surface area contributed by atoms with Crippen molar-refractivity contribution < 1.29 is 24.7 Å². The summed E-state index contributed by atoms with van der Waals surface area (Å²) in [5.74, 6) is 0. The molecule has 10 heteroatoms. The number of fused-ring (bicyclic) bond motifs is 14. The molecular formula is C94H61B2N5Se3. The fraction of sp³-hybridized carbons (Fsp3) is 0.0426. The number of nitrogens with zero attached hydrogens (tertiary/aromatic N) is 5. The summed E-state index contributed by atoms with van der Waals surface area (Å²) in [6.07, 6.45) is 0. The minimum atomic E-state index is -1.56. The van der Waals surface area contributed by atoms with Gasteiger partial charge in [0.05, 0.1) is 11.0 Å². The topological polar surface area (TPSA) is 17.9 Å². The second-order valence-corrected chi connectivity index (χ2v) is 34.5. The maximum atomic E-state index is 12.5. The molecule has 7 aliphatic heterocycles. The van der Waals surface area contributed by atoms with Crippen LogP contribution < -0.4 is 79.1 Å². The van der Waals surface area contributed by atoms with Gasteiger partial charge in [0, 0.05) is 10.8 Å². The van der Waals surface area contributed by atoms with E-state index in [0.29, 0.717) is 96.3 Å². The summed E-state index contributed by atoms with van der Waals surface area (Å²) in [6, 6.07) is 59.7. The molecule has 0 saturated carbocycles. The summed E-state index contributed by atoms with van der Waals surface area (Å²) in [5.41, 5.74) is 11.0. The molecule has 0 atom stereocenters. The number of rotatable bonds is 7. The summed E-state index contributed by atoms with van der Waals surface area (Å²) in [4.78, 5) is 8.29. The third kappa shape index (κ3) is 8.30. The van der Waals surface area contributed by atoms with Gasteiger partial charge in [-0.05, 0) is 12.1 Å². The van der Waals surface area contributed by atoms with Crippen LogP contribution in [0.25, 0.3) is 72.0 Å². The van der Waals surface area contributed by atoms with E-state index in [2.05, 4.69) is 32.9 Å². The molecule has 0 N–H and O–H groups in total. The van der Waals surface area contributed by atoms with Crippen LogP contribution in [-0.4, -0.2) is 62.9 Å². The molecule has 7 aliphatic rings. The van der Waals surface area contributed by atoms with Gasteiger partial charge in [-0.3, -0.25) is 0 Å². The molecule has 0 aliphatic carbocycles. The zero-order chi connectivity index (χ0) is 84.0. The van der Waals surface area contributed by atoms with Gasteiger partial charge in [0.15, 0.2) is 0 Å². The molecule has 104 heavy (non-hydrogen) atoms. The second kappa shape index (κ2) is 22.3. The van der Waals surface area contributed by atoms with Crippen molar-refractivity contribution in [3.8, 4) is 50.2 Å². The predicted molar refractivity (Wildman–Crippen MR) is 444 cm³/mol. The first-order valence-corrected chi connectivity index (χ1v) is 39.7. The summed E-state index contributed by atoms with van der Waals surface area (Å²) >= 11 is -2.05. The van der Waals surface area contributed by atoms with Crippen molar-refractivity contribution >= 4 is 208 Å². The van der Waals surface area contributed by atoms with Crippen LogP contribution in [0.3, 0.4) is 0 Å². The van der Waals surface area contributed by atoms with Gasteiger partial charge >= 0.3 is 505 Å². The molecule has 0 amide bonds. The molecule has 0 spiro atoms. The Balaban J connectivity index is 1.01. The van der Waals surface area contributed by atoms with Gasteiger partial charge in [-0.2, -0.15) is 0 Å². The van der Waals surface area contributed by atoms with Crippen molar-refractivity contribution in [2.24, 2.45) is 0 Å². The molecule has 486 valence electrons. The molecule has 0 saturated heterocycles. The second-order valence-electron chi connectivity index (χ2n) is 27.9. The van der Waals surface area contributed by atoms with Gasteiger partial charge in [0.1, 0.15) is 0 Å². The van der Waals surface area contributed by atoms with Crippen LogP contribution >= 0.6 is 0 Å². The molecule has 0 bridgehead atoms. The molecule has 8 heterocycles. The van der Waals surface area contributed by atoms with Crippen LogP contribution in [0, 0.1) is 0 Å². The van der Waals surface area contributed by atoms with Gasteiger partial charge in [-0.1, -0.05) is 115 Å². The number of hydrogen-bond acceptors (Lipinski definition) is 4. The van der Waals surface area contributed by atoms with E-state index in [0.717, 1.165) is 46.9 Å². The normalized spacial score (nSPS) is 16.5. The Hall–Kier alpha value is -11.0. The molecule has 0 fully saturated rings. The molecule has 16 aromatic rings. The van der Waals surface area contributed by atoms with Gasteiger partial charge in [-0.25, -0.2) is 0 Å². The van der Waals surface area contributed by atoms with E-state index < -0.39 is 136 Å². The zero-order valence-electron chi connectivity index (χ0n) is 73.7. The average molecular weight is 1540 g/mol. The Morgan fingerprint density at radius 3 is 1.20 bits per heavy atom. The quantitative estimate of drug-likeness (QED) is 0.148. The van der Waals surface area contributed by atoms with Crippen LogP contribution in [0.15, 0.2) is 315 Å². The first-order chi connectivity index (χ1) is 58.8. The van der Waals surface area contributed by atoms with Crippen molar-refractivity contribution in [1.82, 2.24) is 4.57 Å². The molecule has 0 unspecified atom stereocenters. The Bertz CT molecular complexity index is 7350. The van der Waals surface area contributed by atoms with Gasteiger partial charge in [0.2, 0.25) is 0 Å². The average Bonchev–Trinajstić information content (AvgIpc) is 0.753. The first kappa shape index (κ1) is 44.5. The maximum absolute atomic E-state index is 12.5. The number of para-hydroxylation sites is 6. The van der Waals surface area contributed by atoms with Gasteiger partial charge in [-0.15, -0.1) is 0 Å². The SMILES string of the molecule is [2H]c1c([2H])c2c3c4c1[Se]c1c([2H])c([2H])c5c6c1B4c1c(c([2H])c4c(c1N6c1ccccc1[Se]5)B1c5c([2H])c([2H])c(-n6c7c([2H])c([2H])c([2H])c([2H])c7c7c([2H])c([2H])c([2H])c([2H])c76)c([2H])c5N(c5c(-c6ccccc6)cccc5-c5ccccc5)c5c([2H])c(C(C)(C)C)c([2H])c(c51)N4c1c(-c4ccccc4)cccc1-c1ccccc1)N3c1ccccc1[Se]2. The first-order valence-electron chi connectivity index (χ1n) is 43.6. The number of benzene rings is 15. The molecule has 23 rings (SSSR count). The summed E-state index contributed by atoms with van der Waals surface area (Å²) in [5, 5.41) is -0.625. The Labute approximate surface area is 649 Å². The summed E-state index contributed by atoms with van der Waals surface area (Å²) in [7, 11) is 0. The molecule has 15 aromatic carbocycles. The van der Waals surface area contributed by atoms with Crippen molar-refractivity contribution in [1.29, 1.82) is 0 Å². The number of anilines is 12. The van der Waals surface area contributed by atoms with Crippen LogP contribution in [0.5, 0.6) is 0 Å². The minimum absolute atomic E-state index is 0.0119.